The summed E-state index contributed by atoms with van der Waals surface area (Å²) >= 11 is 0. The first-order chi connectivity index (χ1) is 8.66. The third-order valence-electron chi connectivity index (χ3n) is 2.86. The monoisotopic (exact) mass is 242 g/mol. The summed E-state index contributed by atoms with van der Waals surface area (Å²) in [5.41, 5.74) is 8.18. The minimum atomic E-state index is -0.448. The van der Waals surface area contributed by atoms with E-state index in [0.29, 0.717) is 17.0 Å². The topological polar surface area (TPSA) is 56.2 Å². The number of para-hydroxylation sites is 1. The van der Waals surface area contributed by atoms with Crippen LogP contribution in [0.4, 0.5) is 10.1 Å². The number of hydrogen-bond donors (Lipinski definition) is 1. The molecule has 0 amide bonds. The van der Waals surface area contributed by atoms with E-state index in [9.17, 15) is 4.39 Å². The zero-order chi connectivity index (χ0) is 12.7. The Morgan fingerprint density at radius 1 is 1.22 bits per heavy atom. The summed E-state index contributed by atoms with van der Waals surface area (Å²) < 4.78 is 15.2. The van der Waals surface area contributed by atoms with Crippen molar-refractivity contribution in [1.82, 2.24) is 14.6 Å². The van der Waals surface area contributed by atoms with Gasteiger partial charge in [0.2, 0.25) is 0 Å². The quantitative estimate of drug-likeness (QED) is 0.667. The van der Waals surface area contributed by atoms with Gasteiger partial charge in [-0.25, -0.2) is 4.39 Å². The average Bonchev–Trinajstić information content (AvgIpc) is 2.75. The summed E-state index contributed by atoms with van der Waals surface area (Å²) in [6.07, 6.45) is 1.85. The van der Waals surface area contributed by atoms with Crippen molar-refractivity contribution < 1.29 is 4.39 Å². The molecular weight excluding hydrogens is 231 g/mol. The zero-order valence-electron chi connectivity index (χ0n) is 9.76. The van der Waals surface area contributed by atoms with E-state index in [1.807, 2.05) is 25.3 Å². The van der Waals surface area contributed by atoms with Crippen molar-refractivity contribution in [2.75, 3.05) is 5.73 Å². The van der Waals surface area contributed by atoms with Crippen molar-refractivity contribution >= 4 is 11.3 Å². The molecule has 0 saturated carbocycles. The molecule has 2 heterocycles. The summed E-state index contributed by atoms with van der Waals surface area (Å²) in [7, 11) is 0. The first-order valence-corrected chi connectivity index (χ1v) is 5.52. The molecule has 0 aliphatic heterocycles. The SMILES string of the molecule is Cc1ccn2c(-c3cccc(F)c3N)nnc2c1. The molecule has 0 aliphatic rings. The van der Waals surface area contributed by atoms with Crippen LogP contribution in [0.15, 0.2) is 36.5 Å². The molecule has 0 unspecified atom stereocenters. The van der Waals surface area contributed by atoms with Crippen molar-refractivity contribution in [3.05, 3.63) is 47.9 Å². The number of benzene rings is 1. The predicted octanol–water partition coefficient (Wildman–Crippen LogP) is 2.43. The molecule has 0 bridgehead atoms. The van der Waals surface area contributed by atoms with Crippen molar-refractivity contribution in [2.45, 2.75) is 6.92 Å². The largest absolute Gasteiger partial charge is 0.396 e. The number of fused-ring (bicyclic) bond motifs is 1. The number of pyridine rings is 1. The maximum absolute atomic E-state index is 13.5. The van der Waals surface area contributed by atoms with Crippen LogP contribution in [-0.2, 0) is 0 Å². The molecule has 4 nitrogen and oxygen atoms in total. The van der Waals surface area contributed by atoms with Crippen molar-refractivity contribution in [1.29, 1.82) is 0 Å². The van der Waals surface area contributed by atoms with Gasteiger partial charge in [-0.05, 0) is 36.8 Å². The molecule has 0 spiro atoms. The lowest BCUT2D eigenvalue weighted by molar-refractivity contribution is 0.633. The van der Waals surface area contributed by atoms with Gasteiger partial charge >= 0.3 is 0 Å². The fourth-order valence-corrected chi connectivity index (χ4v) is 1.91. The van der Waals surface area contributed by atoms with Crippen molar-refractivity contribution in [3.8, 4) is 11.4 Å². The Hall–Kier alpha value is -2.43. The zero-order valence-corrected chi connectivity index (χ0v) is 9.76. The average molecular weight is 242 g/mol. The Balaban J connectivity index is 2.29. The van der Waals surface area contributed by atoms with Crippen LogP contribution >= 0.6 is 0 Å². The lowest BCUT2D eigenvalue weighted by atomic mass is 10.1. The van der Waals surface area contributed by atoms with E-state index in [1.165, 1.54) is 6.07 Å². The van der Waals surface area contributed by atoms with Crippen LogP contribution in [-0.4, -0.2) is 14.6 Å². The number of hydrogen-bond acceptors (Lipinski definition) is 3. The number of rotatable bonds is 1. The number of nitrogen functional groups attached to an aromatic ring is 1. The Kier molecular flexibility index (Phi) is 2.26. The highest BCUT2D eigenvalue weighted by Crippen LogP contribution is 2.26. The van der Waals surface area contributed by atoms with Crippen molar-refractivity contribution in [3.63, 3.8) is 0 Å². The second kappa shape index (κ2) is 3.80. The lowest BCUT2D eigenvalue weighted by Crippen LogP contribution is -1.97. The highest BCUT2D eigenvalue weighted by Gasteiger charge is 2.13. The number of nitrogens with two attached hydrogens (primary N) is 1. The lowest BCUT2D eigenvalue weighted by Gasteiger charge is -2.04. The second-order valence-electron chi connectivity index (χ2n) is 4.16. The third-order valence-corrected chi connectivity index (χ3v) is 2.86. The third kappa shape index (κ3) is 1.52. The standard InChI is InChI=1S/C13H11FN4/c1-8-5-6-18-11(7-8)16-17-13(18)9-3-2-4-10(14)12(9)15/h2-7H,15H2,1H3. The fourth-order valence-electron chi connectivity index (χ4n) is 1.91. The van der Waals surface area contributed by atoms with Gasteiger partial charge in [-0.15, -0.1) is 10.2 Å². The van der Waals surface area contributed by atoms with E-state index in [2.05, 4.69) is 10.2 Å². The maximum atomic E-state index is 13.5. The summed E-state index contributed by atoms with van der Waals surface area (Å²) in [6.45, 7) is 1.98. The molecule has 1 aromatic carbocycles. The van der Waals surface area contributed by atoms with E-state index >= 15 is 0 Å². The number of aryl methyl sites for hydroxylation is 1. The Labute approximate surface area is 103 Å². The molecule has 0 aliphatic carbocycles. The Morgan fingerprint density at radius 3 is 2.89 bits per heavy atom. The molecule has 18 heavy (non-hydrogen) atoms. The van der Waals surface area contributed by atoms with Crippen LogP contribution in [0.2, 0.25) is 0 Å². The van der Waals surface area contributed by atoms with E-state index in [1.54, 1.807) is 16.5 Å². The molecule has 0 saturated heterocycles. The van der Waals surface area contributed by atoms with Gasteiger partial charge in [0.05, 0.1) is 5.69 Å². The second-order valence-corrected chi connectivity index (χ2v) is 4.16. The number of nitrogens with zero attached hydrogens (tertiary/aromatic N) is 3. The van der Waals surface area contributed by atoms with Gasteiger partial charge in [-0.2, -0.15) is 0 Å². The molecule has 90 valence electrons. The number of halogens is 1. The van der Waals surface area contributed by atoms with Gasteiger partial charge in [0.25, 0.3) is 0 Å². The first-order valence-electron chi connectivity index (χ1n) is 5.52. The number of aromatic nitrogens is 3. The summed E-state index contributed by atoms with van der Waals surface area (Å²) in [5, 5.41) is 8.14. The molecule has 2 N–H and O–H groups in total. The molecule has 0 fully saturated rings. The highest BCUT2D eigenvalue weighted by molar-refractivity contribution is 5.73. The van der Waals surface area contributed by atoms with Crippen LogP contribution < -0.4 is 5.73 Å². The van der Waals surface area contributed by atoms with Crippen LogP contribution in [0.1, 0.15) is 5.56 Å². The summed E-state index contributed by atoms with van der Waals surface area (Å²) in [4.78, 5) is 0. The van der Waals surface area contributed by atoms with E-state index < -0.39 is 5.82 Å². The van der Waals surface area contributed by atoms with E-state index in [-0.39, 0.29) is 5.69 Å². The molecule has 5 heteroatoms. The summed E-state index contributed by atoms with van der Waals surface area (Å²) in [6, 6.07) is 8.51. The number of anilines is 1. The molecule has 0 atom stereocenters. The molecular formula is C13H11FN4. The Morgan fingerprint density at radius 2 is 2.06 bits per heavy atom. The van der Waals surface area contributed by atoms with Gasteiger partial charge in [-0.3, -0.25) is 4.40 Å². The first kappa shape index (κ1) is 10.7. The van der Waals surface area contributed by atoms with E-state index in [4.69, 9.17) is 5.73 Å². The van der Waals surface area contributed by atoms with Gasteiger partial charge < -0.3 is 5.73 Å². The van der Waals surface area contributed by atoms with Gasteiger partial charge in [0.15, 0.2) is 11.5 Å². The fraction of sp³-hybridized carbons (Fsp3) is 0.0769. The van der Waals surface area contributed by atoms with Gasteiger partial charge in [0, 0.05) is 11.8 Å². The van der Waals surface area contributed by atoms with Crippen LogP contribution in [0.5, 0.6) is 0 Å². The van der Waals surface area contributed by atoms with Gasteiger partial charge in [0.1, 0.15) is 5.82 Å². The van der Waals surface area contributed by atoms with E-state index in [0.717, 1.165) is 5.56 Å². The molecule has 0 radical (unpaired) electrons. The minimum Gasteiger partial charge on any atom is -0.396 e. The van der Waals surface area contributed by atoms with Crippen LogP contribution in [0, 0.1) is 12.7 Å². The summed E-state index contributed by atoms with van der Waals surface area (Å²) in [5.74, 6) is 0.0957. The maximum Gasteiger partial charge on any atom is 0.170 e. The smallest absolute Gasteiger partial charge is 0.170 e. The molecule has 2 aromatic heterocycles. The van der Waals surface area contributed by atoms with Gasteiger partial charge in [-0.1, -0.05) is 6.07 Å². The normalized spacial score (nSPS) is 11.0. The predicted molar refractivity (Wildman–Crippen MR) is 67.5 cm³/mol. The van der Waals surface area contributed by atoms with Crippen molar-refractivity contribution in [2.24, 2.45) is 0 Å². The highest BCUT2D eigenvalue weighted by atomic mass is 19.1. The molecule has 3 rings (SSSR count). The van der Waals surface area contributed by atoms with Crippen LogP contribution in [0.25, 0.3) is 17.0 Å². The van der Waals surface area contributed by atoms with Crippen LogP contribution in [0.3, 0.4) is 0 Å². The Bertz CT molecular complexity index is 733. The minimum absolute atomic E-state index is 0.0902. The molecule has 3 aromatic rings.